The van der Waals surface area contributed by atoms with Gasteiger partial charge in [0, 0.05) is 0 Å². The van der Waals surface area contributed by atoms with E-state index in [1.807, 2.05) is 26.0 Å². The van der Waals surface area contributed by atoms with E-state index < -0.39 is 0 Å². The van der Waals surface area contributed by atoms with Crippen LogP contribution in [0.4, 0.5) is 0 Å². The van der Waals surface area contributed by atoms with Crippen molar-refractivity contribution in [1.82, 2.24) is 0 Å². The Hall–Kier alpha value is -1.44. The molecule has 70 valence electrons. The molecular formula is C11H14O2. The third-order valence-corrected chi connectivity index (χ3v) is 1.77. The molecule has 0 spiro atoms. The van der Waals surface area contributed by atoms with Crippen molar-refractivity contribution in [3.8, 4) is 5.75 Å². The highest BCUT2D eigenvalue weighted by Crippen LogP contribution is 2.25. The molecule has 0 aliphatic heterocycles. The van der Waals surface area contributed by atoms with Crippen LogP contribution in [0.3, 0.4) is 0 Å². The molecule has 0 saturated heterocycles. The summed E-state index contributed by atoms with van der Waals surface area (Å²) >= 11 is 0. The first-order valence-corrected chi connectivity index (χ1v) is 4.27. The Balaban J connectivity index is 2.95. The van der Waals surface area contributed by atoms with E-state index in [1.54, 1.807) is 6.07 Å². The second-order valence-electron chi connectivity index (χ2n) is 2.88. The normalized spacial score (nSPS) is 9.69. The van der Waals surface area contributed by atoms with E-state index in [9.17, 15) is 5.11 Å². The van der Waals surface area contributed by atoms with Gasteiger partial charge in [0.15, 0.2) is 0 Å². The fourth-order valence-corrected chi connectivity index (χ4v) is 1.13. The summed E-state index contributed by atoms with van der Waals surface area (Å²) in [6.45, 7) is 8.09. The summed E-state index contributed by atoms with van der Waals surface area (Å²) < 4.78 is 5.19. The van der Waals surface area contributed by atoms with Crippen LogP contribution in [0, 0.1) is 6.92 Å². The quantitative estimate of drug-likeness (QED) is 0.721. The third-order valence-electron chi connectivity index (χ3n) is 1.77. The molecule has 0 unspecified atom stereocenters. The van der Waals surface area contributed by atoms with Gasteiger partial charge in [0.2, 0.25) is 0 Å². The SMILES string of the molecule is C=C(OCC)c1ccc(C)cc1O. The number of aryl methyl sites for hydroxylation is 1. The van der Waals surface area contributed by atoms with Gasteiger partial charge in [-0.25, -0.2) is 0 Å². The molecule has 2 heteroatoms. The van der Waals surface area contributed by atoms with Crippen LogP contribution in [-0.2, 0) is 4.74 Å². The minimum absolute atomic E-state index is 0.221. The van der Waals surface area contributed by atoms with Gasteiger partial charge in [0.05, 0.1) is 12.2 Å². The van der Waals surface area contributed by atoms with E-state index in [0.29, 0.717) is 17.9 Å². The predicted molar refractivity (Wildman–Crippen MR) is 53.5 cm³/mol. The van der Waals surface area contributed by atoms with E-state index in [0.717, 1.165) is 5.56 Å². The zero-order valence-electron chi connectivity index (χ0n) is 8.00. The van der Waals surface area contributed by atoms with Crippen molar-refractivity contribution in [1.29, 1.82) is 0 Å². The molecule has 0 heterocycles. The maximum Gasteiger partial charge on any atom is 0.126 e. The second kappa shape index (κ2) is 3.99. The first-order valence-electron chi connectivity index (χ1n) is 4.27. The summed E-state index contributed by atoms with van der Waals surface area (Å²) in [5, 5.41) is 9.55. The van der Waals surface area contributed by atoms with Crippen LogP contribution < -0.4 is 0 Å². The maximum atomic E-state index is 9.55. The number of hydrogen-bond acceptors (Lipinski definition) is 2. The van der Waals surface area contributed by atoms with Crippen LogP contribution in [0.5, 0.6) is 5.75 Å². The largest absolute Gasteiger partial charge is 0.507 e. The van der Waals surface area contributed by atoms with Gasteiger partial charge in [0.1, 0.15) is 11.5 Å². The fraction of sp³-hybridized carbons (Fsp3) is 0.273. The van der Waals surface area contributed by atoms with Crippen molar-refractivity contribution in [3.63, 3.8) is 0 Å². The van der Waals surface area contributed by atoms with Crippen molar-refractivity contribution in [3.05, 3.63) is 35.9 Å². The number of ether oxygens (including phenoxy) is 1. The van der Waals surface area contributed by atoms with Crippen molar-refractivity contribution < 1.29 is 9.84 Å². The Kier molecular flexibility index (Phi) is 2.96. The minimum Gasteiger partial charge on any atom is -0.507 e. The molecule has 0 bridgehead atoms. The molecule has 1 N–H and O–H groups in total. The molecule has 1 rings (SSSR count). The zero-order valence-corrected chi connectivity index (χ0v) is 8.00. The molecule has 0 saturated carbocycles. The molecule has 0 aliphatic rings. The molecule has 0 amide bonds. The summed E-state index contributed by atoms with van der Waals surface area (Å²) in [5.74, 6) is 0.735. The number of phenols is 1. The highest BCUT2D eigenvalue weighted by atomic mass is 16.5. The van der Waals surface area contributed by atoms with Crippen LogP contribution in [0.15, 0.2) is 24.8 Å². The van der Waals surface area contributed by atoms with Crippen molar-refractivity contribution in [2.24, 2.45) is 0 Å². The van der Waals surface area contributed by atoms with Crippen molar-refractivity contribution in [2.75, 3.05) is 6.61 Å². The molecule has 0 fully saturated rings. The summed E-state index contributed by atoms with van der Waals surface area (Å²) in [6, 6.07) is 5.42. The molecule has 0 aromatic heterocycles. The number of phenolic OH excluding ortho intramolecular Hbond substituents is 1. The van der Waals surface area contributed by atoms with Gasteiger partial charge < -0.3 is 9.84 Å². The lowest BCUT2D eigenvalue weighted by Crippen LogP contribution is -1.90. The summed E-state index contributed by atoms with van der Waals surface area (Å²) in [5.41, 5.74) is 1.68. The van der Waals surface area contributed by atoms with E-state index >= 15 is 0 Å². The van der Waals surface area contributed by atoms with Crippen LogP contribution in [-0.4, -0.2) is 11.7 Å². The maximum absolute atomic E-state index is 9.55. The van der Waals surface area contributed by atoms with Gasteiger partial charge in [-0.3, -0.25) is 0 Å². The molecule has 1 aromatic rings. The lowest BCUT2D eigenvalue weighted by Gasteiger charge is -2.08. The van der Waals surface area contributed by atoms with Crippen molar-refractivity contribution >= 4 is 5.76 Å². The van der Waals surface area contributed by atoms with Crippen LogP contribution in [0.1, 0.15) is 18.1 Å². The van der Waals surface area contributed by atoms with Crippen LogP contribution in [0.25, 0.3) is 5.76 Å². The zero-order chi connectivity index (χ0) is 9.84. The highest BCUT2D eigenvalue weighted by molar-refractivity contribution is 5.63. The number of rotatable bonds is 3. The van der Waals surface area contributed by atoms with E-state index in [2.05, 4.69) is 6.58 Å². The first kappa shape index (κ1) is 9.65. The molecular weight excluding hydrogens is 164 g/mol. The average Bonchev–Trinajstić information content (AvgIpc) is 2.04. The average molecular weight is 178 g/mol. The van der Waals surface area contributed by atoms with Crippen molar-refractivity contribution in [2.45, 2.75) is 13.8 Å². The monoisotopic (exact) mass is 178 g/mol. The predicted octanol–water partition coefficient (Wildman–Crippen LogP) is 2.71. The third kappa shape index (κ3) is 2.25. The van der Waals surface area contributed by atoms with Gasteiger partial charge in [-0.1, -0.05) is 12.6 Å². The fourth-order valence-electron chi connectivity index (χ4n) is 1.13. The number of aromatic hydroxyl groups is 1. The number of hydrogen-bond donors (Lipinski definition) is 1. The molecule has 0 aliphatic carbocycles. The lowest BCUT2D eigenvalue weighted by molar-refractivity contribution is 0.297. The Labute approximate surface area is 78.5 Å². The minimum atomic E-state index is 0.221. The summed E-state index contributed by atoms with van der Waals surface area (Å²) in [6.07, 6.45) is 0. The molecule has 1 aromatic carbocycles. The molecule has 2 nitrogen and oxygen atoms in total. The van der Waals surface area contributed by atoms with E-state index in [4.69, 9.17) is 4.74 Å². The molecule has 0 radical (unpaired) electrons. The first-order chi connectivity index (χ1) is 6.15. The Morgan fingerprint density at radius 2 is 2.23 bits per heavy atom. The van der Waals surface area contributed by atoms with Gasteiger partial charge in [0.25, 0.3) is 0 Å². The Morgan fingerprint density at radius 3 is 2.77 bits per heavy atom. The number of benzene rings is 1. The topological polar surface area (TPSA) is 29.5 Å². The smallest absolute Gasteiger partial charge is 0.126 e. The summed E-state index contributed by atoms with van der Waals surface area (Å²) in [7, 11) is 0. The summed E-state index contributed by atoms with van der Waals surface area (Å²) in [4.78, 5) is 0. The second-order valence-corrected chi connectivity index (χ2v) is 2.88. The van der Waals surface area contributed by atoms with E-state index in [-0.39, 0.29) is 5.75 Å². The van der Waals surface area contributed by atoms with Crippen LogP contribution >= 0.6 is 0 Å². The Morgan fingerprint density at radius 1 is 1.54 bits per heavy atom. The van der Waals surface area contributed by atoms with Gasteiger partial charge in [-0.15, -0.1) is 0 Å². The van der Waals surface area contributed by atoms with Gasteiger partial charge in [-0.2, -0.15) is 0 Å². The highest BCUT2D eigenvalue weighted by Gasteiger charge is 2.05. The molecule has 0 atom stereocenters. The van der Waals surface area contributed by atoms with Crippen LogP contribution in [0.2, 0.25) is 0 Å². The lowest BCUT2D eigenvalue weighted by atomic mass is 10.1. The molecule has 13 heavy (non-hydrogen) atoms. The van der Waals surface area contributed by atoms with Gasteiger partial charge >= 0.3 is 0 Å². The van der Waals surface area contributed by atoms with Gasteiger partial charge in [-0.05, 0) is 31.5 Å². The Bertz CT molecular complexity index is 316. The standard InChI is InChI=1S/C11H14O2/c1-4-13-9(3)10-6-5-8(2)7-11(10)12/h5-7,12H,3-4H2,1-2H3. The van der Waals surface area contributed by atoms with E-state index in [1.165, 1.54) is 0 Å².